The summed E-state index contributed by atoms with van der Waals surface area (Å²) in [5.41, 5.74) is 1.55. The highest BCUT2D eigenvalue weighted by atomic mass is 16.5. The summed E-state index contributed by atoms with van der Waals surface area (Å²) in [6.07, 6.45) is 1.99. The number of pyridine rings is 1. The van der Waals surface area contributed by atoms with E-state index in [4.69, 9.17) is 10.00 Å². The summed E-state index contributed by atoms with van der Waals surface area (Å²) in [5.74, 6) is 1.82. The van der Waals surface area contributed by atoms with Crippen molar-refractivity contribution in [2.45, 2.75) is 13.3 Å². The van der Waals surface area contributed by atoms with Crippen LogP contribution in [0.5, 0.6) is 5.75 Å². The van der Waals surface area contributed by atoms with Crippen LogP contribution < -0.4 is 9.64 Å². The molecule has 1 saturated heterocycles. The van der Waals surface area contributed by atoms with Crippen LogP contribution in [0.15, 0.2) is 42.6 Å². The van der Waals surface area contributed by atoms with E-state index in [2.05, 4.69) is 16.0 Å². The number of hydrogen-bond acceptors (Lipinski definition) is 5. The molecule has 1 fully saturated rings. The van der Waals surface area contributed by atoms with Crippen molar-refractivity contribution in [1.82, 2.24) is 9.88 Å². The number of rotatable bonds is 5. The zero-order chi connectivity index (χ0) is 18.4. The number of carbonyl (C=O) groups is 1. The number of nitrogens with zero attached hydrogens (tertiary/aromatic N) is 4. The molecule has 0 aliphatic carbocycles. The third-order valence-corrected chi connectivity index (χ3v) is 4.42. The average Bonchev–Trinajstić information content (AvgIpc) is 2.70. The van der Waals surface area contributed by atoms with Crippen LogP contribution in [-0.2, 0) is 11.2 Å². The Kier molecular flexibility index (Phi) is 5.69. The molecule has 1 amide bonds. The van der Waals surface area contributed by atoms with Crippen LogP contribution in [0.1, 0.15) is 18.1 Å². The quantitative estimate of drug-likeness (QED) is 0.827. The van der Waals surface area contributed by atoms with Crippen LogP contribution in [0, 0.1) is 11.3 Å². The van der Waals surface area contributed by atoms with Crippen molar-refractivity contribution in [1.29, 1.82) is 5.26 Å². The molecule has 0 unspecified atom stereocenters. The molecule has 6 heteroatoms. The summed E-state index contributed by atoms with van der Waals surface area (Å²) in [4.78, 5) is 20.9. The Labute approximate surface area is 153 Å². The topological polar surface area (TPSA) is 69.5 Å². The SMILES string of the molecule is CCOc1ccc(CC(=O)N2CCN(c3ccc(C#N)cn3)CC2)cc1. The Bertz CT molecular complexity index is 773. The van der Waals surface area contributed by atoms with Gasteiger partial charge in [0.25, 0.3) is 0 Å². The molecule has 2 aromatic rings. The molecule has 3 rings (SSSR count). The Hall–Kier alpha value is -3.07. The van der Waals surface area contributed by atoms with Gasteiger partial charge in [-0.2, -0.15) is 5.26 Å². The van der Waals surface area contributed by atoms with E-state index in [0.29, 0.717) is 31.7 Å². The first-order valence-electron chi connectivity index (χ1n) is 8.80. The highest BCUT2D eigenvalue weighted by molar-refractivity contribution is 5.79. The van der Waals surface area contributed by atoms with Crippen molar-refractivity contribution in [3.8, 4) is 11.8 Å². The van der Waals surface area contributed by atoms with E-state index in [1.165, 1.54) is 0 Å². The van der Waals surface area contributed by atoms with E-state index >= 15 is 0 Å². The lowest BCUT2D eigenvalue weighted by Gasteiger charge is -2.35. The maximum absolute atomic E-state index is 12.5. The van der Waals surface area contributed by atoms with Crippen LogP contribution in [0.3, 0.4) is 0 Å². The Morgan fingerprint density at radius 3 is 2.46 bits per heavy atom. The number of ether oxygens (including phenoxy) is 1. The smallest absolute Gasteiger partial charge is 0.227 e. The zero-order valence-corrected chi connectivity index (χ0v) is 14.9. The first-order chi connectivity index (χ1) is 12.7. The van der Waals surface area contributed by atoms with Crippen molar-refractivity contribution in [3.63, 3.8) is 0 Å². The van der Waals surface area contributed by atoms with Gasteiger partial charge >= 0.3 is 0 Å². The van der Waals surface area contributed by atoms with Crippen LogP contribution >= 0.6 is 0 Å². The van der Waals surface area contributed by atoms with Crippen LogP contribution in [0.4, 0.5) is 5.82 Å². The van der Waals surface area contributed by atoms with E-state index in [1.807, 2.05) is 42.2 Å². The van der Waals surface area contributed by atoms with Crippen molar-refractivity contribution >= 4 is 11.7 Å². The molecule has 0 saturated carbocycles. The molecule has 1 aromatic carbocycles. The van der Waals surface area contributed by atoms with Gasteiger partial charge in [-0.25, -0.2) is 4.98 Å². The van der Waals surface area contributed by atoms with Gasteiger partial charge in [-0.3, -0.25) is 4.79 Å². The fraction of sp³-hybridized carbons (Fsp3) is 0.350. The van der Waals surface area contributed by atoms with Gasteiger partial charge in [-0.1, -0.05) is 12.1 Å². The molecule has 26 heavy (non-hydrogen) atoms. The number of hydrogen-bond donors (Lipinski definition) is 0. The van der Waals surface area contributed by atoms with Gasteiger partial charge in [-0.15, -0.1) is 0 Å². The summed E-state index contributed by atoms with van der Waals surface area (Å²) in [7, 11) is 0. The molecule has 1 aromatic heterocycles. The second-order valence-electron chi connectivity index (χ2n) is 6.14. The van der Waals surface area contributed by atoms with Gasteiger partial charge in [0.05, 0.1) is 18.6 Å². The minimum atomic E-state index is 0.140. The zero-order valence-electron chi connectivity index (χ0n) is 14.9. The average molecular weight is 350 g/mol. The van der Waals surface area contributed by atoms with Crippen LogP contribution in [0.25, 0.3) is 0 Å². The van der Waals surface area contributed by atoms with Gasteiger partial charge in [0.15, 0.2) is 0 Å². The standard InChI is InChI=1S/C20H22N4O2/c1-2-26-18-6-3-16(4-7-18)13-20(25)24-11-9-23(10-12-24)19-8-5-17(14-21)15-22-19/h3-8,15H,2,9-13H2,1H3. The van der Waals surface area contributed by atoms with Gasteiger partial charge in [-0.05, 0) is 36.8 Å². The van der Waals surface area contributed by atoms with E-state index in [9.17, 15) is 4.79 Å². The summed E-state index contributed by atoms with van der Waals surface area (Å²) >= 11 is 0. The lowest BCUT2D eigenvalue weighted by Crippen LogP contribution is -2.49. The predicted molar refractivity (Wildman–Crippen MR) is 99.1 cm³/mol. The van der Waals surface area contributed by atoms with Gasteiger partial charge < -0.3 is 14.5 Å². The number of nitriles is 1. The fourth-order valence-electron chi connectivity index (χ4n) is 2.98. The first-order valence-corrected chi connectivity index (χ1v) is 8.80. The molecule has 0 bridgehead atoms. The fourth-order valence-corrected chi connectivity index (χ4v) is 2.98. The molecule has 134 valence electrons. The van der Waals surface area contributed by atoms with Gasteiger partial charge in [0.2, 0.25) is 5.91 Å². The van der Waals surface area contributed by atoms with E-state index in [-0.39, 0.29) is 5.91 Å². The Balaban J connectivity index is 1.52. The number of anilines is 1. The summed E-state index contributed by atoms with van der Waals surface area (Å²) in [5, 5.41) is 8.84. The van der Waals surface area contributed by atoms with Crippen molar-refractivity contribution in [2.24, 2.45) is 0 Å². The summed E-state index contributed by atoms with van der Waals surface area (Å²) in [6.45, 7) is 5.43. The largest absolute Gasteiger partial charge is 0.494 e. The molecule has 0 N–H and O–H groups in total. The van der Waals surface area contributed by atoms with Crippen molar-refractivity contribution in [2.75, 3.05) is 37.7 Å². The maximum atomic E-state index is 12.5. The van der Waals surface area contributed by atoms with Gasteiger partial charge in [0.1, 0.15) is 17.6 Å². The lowest BCUT2D eigenvalue weighted by molar-refractivity contribution is -0.130. The summed E-state index contributed by atoms with van der Waals surface area (Å²) < 4.78 is 5.43. The second-order valence-corrected chi connectivity index (χ2v) is 6.14. The number of piperazine rings is 1. The van der Waals surface area contributed by atoms with E-state index in [0.717, 1.165) is 30.2 Å². The third-order valence-electron chi connectivity index (χ3n) is 4.42. The molecular formula is C20H22N4O2. The monoisotopic (exact) mass is 350 g/mol. The second kappa shape index (κ2) is 8.34. The Morgan fingerprint density at radius 2 is 1.88 bits per heavy atom. The predicted octanol–water partition coefficient (Wildman–Crippen LogP) is 2.24. The maximum Gasteiger partial charge on any atom is 0.227 e. The summed E-state index contributed by atoms with van der Waals surface area (Å²) in [6, 6.07) is 13.4. The molecule has 1 aliphatic heterocycles. The number of carbonyl (C=O) groups excluding carboxylic acids is 1. The number of aromatic nitrogens is 1. The minimum absolute atomic E-state index is 0.140. The highest BCUT2D eigenvalue weighted by Crippen LogP contribution is 2.16. The van der Waals surface area contributed by atoms with Gasteiger partial charge in [0, 0.05) is 32.4 Å². The normalized spacial score (nSPS) is 14.0. The molecule has 2 heterocycles. The first kappa shape index (κ1) is 17.7. The molecular weight excluding hydrogens is 328 g/mol. The minimum Gasteiger partial charge on any atom is -0.494 e. The Morgan fingerprint density at radius 1 is 1.15 bits per heavy atom. The highest BCUT2D eigenvalue weighted by Gasteiger charge is 2.21. The number of amides is 1. The van der Waals surface area contributed by atoms with Crippen molar-refractivity contribution < 1.29 is 9.53 Å². The van der Waals surface area contributed by atoms with Crippen LogP contribution in [-0.4, -0.2) is 48.6 Å². The van der Waals surface area contributed by atoms with E-state index in [1.54, 1.807) is 12.3 Å². The lowest BCUT2D eigenvalue weighted by atomic mass is 10.1. The number of benzene rings is 1. The molecule has 1 aliphatic rings. The molecule has 6 nitrogen and oxygen atoms in total. The van der Waals surface area contributed by atoms with Crippen molar-refractivity contribution in [3.05, 3.63) is 53.7 Å². The molecule has 0 atom stereocenters. The molecule has 0 spiro atoms. The van der Waals surface area contributed by atoms with Crippen LogP contribution in [0.2, 0.25) is 0 Å². The third kappa shape index (κ3) is 4.31. The van der Waals surface area contributed by atoms with E-state index < -0.39 is 0 Å². The molecule has 0 radical (unpaired) electrons.